The van der Waals surface area contributed by atoms with Crippen molar-refractivity contribution in [3.8, 4) is 0 Å². The van der Waals surface area contributed by atoms with Crippen molar-refractivity contribution >= 4 is 28.5 Å². The number of fused-ring (bicyclic) bond motifs is 1. The third-order valence-corrected chi connectivity index (χ3v) is 4.81. The molecule has 0 unspecified atom stereocenters. The molecule has 2 aromatic rings. The van der Waals surface area contributed by atoms with Gasteiger partial charge in [0.1, 0.15) is 5.58 Å². The van der Waals surface area contributed by atoms with Crippen LogP contribution >= 0.6 is 11.8 Å². The fourth-order valence-corrected chi connectivity index (χ4v) is 3.82. The maximum atomic E-state index is 12.3. The van der Waals surface area contributed by atoms with Crippen LogP contribution in [0.5, 0.6) is 0 Å². The third kappa shape index (κ3) is 2.86. The molecule has 1 aromatic carbocycles. The molecular weight excluding hydrogens is 256 g/mol. The molecule has 0 saturated carbocycles. The first kappa shape index (κ1) is 12.8. The number of Topliss-reactive ketones (excluding diaryl/α,β-unsaturated/α-hetero) is 1. The van der Waals surface area contributed by atoms with Crippen molar-refractivity contribution in [2.45, 2.75) is 26.2 Å². The summed E-state index contributed by atoms with van der Waals surface area (Å²) in [6.45, 7) is 2.05. The van der Waals surface area contributed by atoms with Crippen LogP contribution in [-0.2, 0) is 0 Å². The Labute approximate surface area is 117 Å². The zero-order valence-corrected chi connectivity index (χ0v) is 12.0. The Bertz CT molecular complexity index is 594. The first-order valence-electron chi connectivity index (χ1n) is 6.83. The fraction of sp³-hybridized carbons (Fsp3) is 0.438. The van der Waals surface area contributed by atoms with Gasteiger partial charge in [0.05, 0.1) is 0 Å². The monoisotopic (exact) mass is 274 g/mol. The van der Waals surface area contributed by atoms with E-state index in [2.05, 4.69) is 6.07 Å². The topological polar surface area (TPSA) is 30.2 Å². The predicted molar refractivity (Wildman–Crippen MR) is 79.9 cm³/mol. The van der Waals surface area contributed by atoms with Gasteiger partial charge in [-0.25, -0.2) is 0 Å². The summed E-state index contributed by atoms with van der Waals surface area (Å²) in [6.07, 6.45) is 2.96. The molecule has 3 heteroatoms. The quantitative estimate of drug-likeness (QED) is 0.774. The number of hydrogen-bond donors (Lipinski definition) is 0. The Balaban J connectivity index is 1.77. The molecule has 0 radical (unpaired) electrons. The van der Waals surface area contributed by atoms with Crippen LogP contribution in [0.25, 0.3) is 11.0 Å². The minimum absolute atomic E-state index is 0.158. The highest BCUT2D eigenvalue weighted by molar-refractivity contribution is 7.99. The molecule has 1 fully saturated rings. The first-order valence-corrected chi connectivity index (χ1v) is 7.99. The van der Waals surface area contributed by atoms with E-state index in [1.165, 1.54) is 17.1 Å². The molecule has 0 bridgehead atoms. The summed E-state index contributed by atoms with van der Waals surface area (Å²) in [6, 6.07) is 7.91. The SMILES string of the molecule is Cc1ccc2oc(C(=O)CC3CCSCC3)cc2c1. The van der Waals surface area contributed by atoms with Crippen molar-refractivity contribution in [2.24, 2.45) is 5.92 Å². The molecule has 1 aromatic heterocycles. The number of furan rings is 1. The number of ketones is 1. The number of carbonyl (C=O) groups is 1. The highest BCUT2D eigenvalue weighted by atomic mass is 32.2. The third-order valence-electron chi connectivity index (χ3n) is 3.76. The van der Waals surface area contributed by atoms with Crippen molar-refractivity contribution < 1.29 is 9.21 Å². The van der Waals surface area contributed by atoms with Gasteiger partial charge in [0, 0.05) is 11.8 Å². The van der Waals surface area contributed by atoms with Crippen molar-refractivity contribution in [1.29, 1.82) is 0 Å². The Hall–Kier alpha value is -1.22. The molecule has 19 heavy (non-hydrogen) atoms. The molecule has 0 spiro atoms. The summed E-state index contributed by atoms with van der Waals surface area (Å²) < 4.78 is 5.67. The minimum Gasteiger partial charge on any atom is -0.453 e. The van der Waals surface area contributed by atoms with Gasteiger partial charge in [0.2, 0.25) is 0 Å². The molecule has 1 aliphatic rings. The predicted octanol–water partition coefficient (Wildman–Crippen LogP) is 4.46. The van der Waals surface area contributed by atoms with Crippen molar-refractivity contribution in [2.75, 3.05) is 11.5 Å². The zero-order valence-electron chi connectivity index (χ0n) is 11.1. The second-order valence-electron chi connectivity index (χ2n) is 5.33. The average molecular weight is 274 g/mol. The van der Waals surface area contributed by atoms with Crippen LogP contribution in [0.2, 0.25) is 0 Å². The Morgan fingerprint density at radius 3 is 2.89 bits per heavy atom. The summed E-state index contributed by atoms with van der Waals surface area (Å²) >= 11 is 1.99. The van der Waals surface area contributed by atoms with Crippen LogP contribution < -0.4 is 0 Å². The van der Waals surface area contributed by atoms with Gasteiger partial charge >= 0.3 is 0 Å². The van der Waals surface area contributed by atoms with E-state index in [9.17, 15) is 4.79 Å². The Morgan fingerprint density at radius 1 is 1.32 bits per heavy atom. The number of carbonyl (C=O) groups excluding carboxylic acids is 1. The standard InChI is InChI=1S/C16H18O2S/c1-11-2-3-15-13(8-11)10-16(18-15)14(17)9-12-4-6-19-7-5-12/h2-3,8,10,12H,4-7,9H2,1H3. The normalized spacial score (nSPS) is 16.9. The maximum Gasteiger partial charge on any atom is 0.198 e. The summed E-state index contributed by atoms with van der Waals surface area (Å²) in [7, 11) is 0. The van der Waals surface area contributed by atoms with Crippen LogP contribution in [0.15, 0.2) is 28.7 Å². The highest BCUT2D eigenvalue weighted by Gasteiger charge is 2.20. The smallest absolute Gasteiger partial charge is 0.198 e. The molecule has 2 heterocycles. The van der Waals surface area contributed by atoms with E-state index in [4.69, 9.17) is 4.42 Å². The molecule has 3 rings (SSSR count). The van der Waals surface area contributed by atoms with E-state index in [1.807, 2.05) is 36.9 Å². The van der Waals surface area contributed by atoms with Crippen molar-refractivity contribution in [3.63, 3.8) is 0 Å². The molecule has 0 amide bonds. The summed E-state index contributed by atoms with van der Waals surface area (Å²) in [5, 5.41) is 1.03. The minimum atomic E-state index is 0.158. The lowest BCUT2D eigenvalue weighted by molar-refractivity contribution is 0.0933. The molecule has 0 N–H and O–H groups in total. The van der Waals surface area contributed by atoms with Gasteiger partial charge in [0.15, 0.2) is 11.5 Å². The zero-order chi connectivity index (χ0) is 13.2. The van der Waals surface area contributed by atoms with Crippen LogP contribution in [0.3, 0.4) is 0 Å². The second-order valence-corrected chi connectivity index (χ2v) is 6.56. The molecule has 0 atom stereocenters. The molecule has 0 aliphatic carbocycles. The van der Waals surface area contributed by atoms with E-state index in [0.717, 1.165) is 23.8 Å². The van der Waals surface area contributed by atoms with Gasteiger partial charge < -0.3 is 4.42 Å². The van der Waals surface area contributed by atoms with Gasteiger partial charge in [-0.15, -0.1) is 0 Å². The van der Waals surface area contributed by atoms with Crippen LogP contribution in [0.1, 0.15) is 35.4 Å². The lowest BCUT2D eigenvalue weighted by Crippen LogP contribution is -2.14. The molecule has 100 valence electrons. The van der Waals surface area contributed by atoms with E-state index < -0.39 is 0 Å². The maximum absolute atomic E-state index is 12.3. The van der Waals surface area contributed by atoms with Crippen LogP contribution in [0.4, 0.5) is 0 Å². The number of thioether (sulfide) groups is 1. The van der Waals surface area contributed by atoms with Gasteiger partial charge in [-0.1, -0.05) is 11.6 Å². The second kappa shape index (κ2) is 5.41. The van der Waals surface area contributed by atoms with Gasteiger partial charge in [-0.3, -0.25) is 4.79 Å². The van der Waals surface area contributed by atoms with E-state index >= 15 is 0 Å². The number of rotatable bonds is 3. The number of hydrogen-bond acceptors (Lipinski definition) is 3. The number of aryl methyl sites for hydroxylation is 1. The summed E-state index contributed by atoms with van der Waals surface area (Å²) in [5.74, 6) is 3.61. The summed E-state index contributed by atoms with van der Waals surface area (Å²) in [5.41, 5.74) is 2.00. The van der Waals surface area contributed by atoms with Gasteiger partial charge in [0.25, 0.3) is 0 Å². The van der Waals surface area contributed by atoms with E-state index in [1.54, 1.807) is 0 Å². The van der Waals surface area contributed by atoms with E-state index in [-0.39, 0.29) is 5.78 Å². The summed E-state index contributed by atoms with van der Waals surface area (Å²) in [4.78, 5) is 12.3. The van der Waals surface area contributed by atoms with Crippen LogP contribution in [-0.4, -0.2) is 17.3 Å². The highest BCUT2D eigenvalue weighted by Crippen LogP contribution is 2.28. The van der Waals surface area contributed by atoms with E-state index in [0.29, 0.717) is 18.1 Å². The lowest BCUT2D eigenvalue weighted by atomic mass is 9.95. The Kier molecular flexibility index (Phi) is 3.65. The Morgan fingerprint density at radius 2 is 2.11 bits per heavy atom. The van der Waals surface area contributed by atoms with Crippen molar-refractivity contribution in [3.05, 3.63) is 35.6 Å². The first-order chi connectivity index (χ1) is 9.22. The van der Waals surface area contributed by atoms with Crippen LogP contribution in [0, 0.1) is 12.8 Å². The molecule has 2 nitrogen and oxygen atoms in total. The van der Waals surface area contributed by atoms with Gasteiger partial charge in [-0.2, -0.15) is 11.8 Å². The lowest BCUT2D eigenvalue weighted by Gasteiger charge is -2.19. The largest absolute Gasteiger partial charge is 0.453 e. The molecule has 1 aliphatic heterocycles. The van der Waals surface area contributed by atoms with Crippen molar-refractivity contribution in [1.82, 2.24) is 0 Å². The fourth-order valence-electron chi connectivity index (χ4n) is 2.61. The molecular formula is C16H18O2S. The number of benzene rings is 1. The average Bonchev–Trinajstić information content (AvgIpc) is 2.83. The van der Waals surface area contributed by atoms with Gasteiger partial charge in [-0.05, 0) is 55.4 Å². The molecule has 1 saturated heterocycles.